The quantitative estimate of drug-likeness (QED) is 0.626. The fourth-order valence-corrected chi connectivity index (χ4v) is 1.77. The topological polar surface area (TPSA) is 115 Å². The lowest BCUT2D eigenvalue weighted by molar-refractivity contribution is 0.0692. The van der Waals surface area contributed by atoms with Gasteiger partial charge in [-0.15, -0.1) is 0 Å². The Hall–Kier alpha value is -1.41. The second-order valence-corrected chi connectivity index (χ2v) is 3.81. The Morgan fingerprint density at radius 3 is 2.54 bits per heavy atom. The number of hydrogen-bond acceptors (Lipinski definition) is 4. The number of primary sulfonamides is 1. The molecule has 0 aliphatic heterocycles. The number of hydrogen-bond donors (Lipinski definition) is 2. The first kappa shape index (κ1) is 9.68. The van der Waals surface area contributed by atoms with Gasteiger partial charge in [0.25, 0.3) is 10.0 Å². The minimum absolute atomic E-state index is 0.426. The molecule has 1 heterocycles. The summed E-state index contributed by atoms with van der Waals surface area (Å²) < 4.78 is 22.7. The molecule has 0 aliphatic rings. The summed E-state index contributed by atoms with van der Waals surface area (Å²) in [7, 11) is -2.75. The molecule has 0 fully saturated rings. The third-order valence-electron chi connectivity index (χ3n) is 1.38. The van der Waals surface area contributed by atoms with E-state index in [9.17, 15) is 13.2 Å². The Balaban J connectivity index is 3.51. The Bertz CT molecular complexity index is 446. The van der Waals surface area contributed by atoms with Crippen LogP contribution in [0.15, 0.2) is 11.2 Å². The summed E-state index contributed by atoms with van der Waals surface area (Å²) in [6.07, 6.45) is 0.933. The maximum atomic E-state index is 10.9. The first-order valence-corrected chi connectivity index (χ1v) is 4.66. The van der Waals surface area contributed by atoms with E-state index in [1.165, 1.54) is 7.05 Å². The fraction of sp³-hybridized carbons (Fsp3) is 0.200. The number of aromatic carboxylic acids is 1. The number of carboxylic acids is 1. The predicted octanol–water partition coefficient (Wildman–Crippen LogP) is -1.23. The van der Waals surface area contributed by atoms with E-state index in [0.717, 1.165) is 10.9 Å². The Labute approximate surface area is 73.8 Å². The van der Waals surface area contributed by atoms with Crippen molar-refractivity contribution < 1.29 is 18.3 Å². The zero-order valence-corrected chi connectivity index (χ0v) is 7.45. The maximum Gasteiger partial charge on any atom is 0.340 e. The molecule has 3 N–H and O–H groups in total. The normalized spacial score (nSPS) is 11.5. The highest BCUT2D eigenvalue weighted by molar-refractivity contribution is 7.89. The average Bonchev–Trinajstić information content (AvgIpc) is 2.28. The maximum absolute atomic E-state index is 10.9. The van der Waals surface area contributed by atoms with Crippen LogP contribution < -0.4 is 5.14 Å². The highest BCUT2D eigenvalue weighted by Crippen LogP contribution is 2.11. The Morgan fingerprint density at radius 2 is 2.23 bits per heavy atom. The van der Waals surface area contributed by atoms with E-state index in [1.54, 1.807) is 0 Å². The number of rotatable bonds is 2. The van der Waals surface area contributed by atoms with Crippen molar-refractivity contribution in [1.29, 1.82) is 0 Å². The largest absolute Gasteiger partial charge is 0.478 e. The zero-order chi connectivity index (χ0) is 10.2. The Kier molecular flexibility index (Phi) is 2.10. The first-order valence-electron chi connectivity index (χ1n) is 3.12. The highest BCUT2D eigenvalue weighted by atomic mass is 32.2. The molecule has 0 atom stereocenters. The van der Waals surface area contributed by atoms with Crippen LogP contribution in [0.3, 0.4) is 0 Å². The zero-order valence-electron chi connectivity index (χ0n) is 6.63. The summed E-state index contributed by atoms with van der Waals surface area (Å²) in [5.74, 6) is -1.38. The average molecular weight is 205 g/mol. The molecule has 0 radical (unpaired) electrons. The fourth-order valence-electron chi connectivity index (χ4n) is 0.910. The van der Waals surface area contributed by atoms with Gasteiger partial charge >= 0.3 is 5.97 Å². The van der Waals surface area contributed by atoms with Crippen LogP contribution in [0.1, 0.15) is 10.4 Å². The monoisotopic (exact) mass is 205 g/mol. The molecule has 0 unspecified atom stereocenters. The molecule has 1 rings (SSSR count). The molecule has 0 bridgehead atoms. The predicted molar refractivity (Wildman–Crippen MR) is 41.5 cm³/mol. The summed E-state index contributed by atoms with van der Waals surface area (Å²) in [6.45, 7) is 0. The van der Waals surface area contributed by atoms with Crippen molar-refractivity contribution in [2.24, 2.45) is 12.2 Å². The van der Waals surface area contributed by atoms with Crippen molar-refractivity contribution >= 4 is 16.0 Å². The van der Waals surface area contributed by atoms with Crippen molar-refractivity contribution in [1.82, 2.24) is 9.78 Å². The summed E-state index contributed by atoms with van der Waals surface area (Å²) in [6, 6.07) is 0. The molecule has 0 amide bonds. The van der Waals surface area contributed by atoms with Crippen molar-refractivity contribution in [2.75, 3.05) is 0 Å². The van der Waals surface area contributed by atoms with Crippen LogP contribution in [0, 0.1) is 0 Å². The highest BCUT2D eigenvalue weighted by Gasteiger charge is 2.23. The van der Waals surface area contributed by atoms with Gasteiger partial charge in [-0.2, -0.15) is 5.10 Å². The molecule has 72 valence electrons. The van der Waals surface area contributed by atoms with E-state index < -0.39 is 26.6 Å². The van der Waals surface area contributed by atoms with E-state index in [0.29, 0.717) is 0 Å². The van der Waals surface area contributed by atoms with Crippen LogP contribution in [0.5, 0.6) is 0 Å². The lowest BCUT2D eigenvalue weighted by atomic mass is 10.4. The minimum atomic E-state index is -4.05. The minimum Gasteiger partial charge on any atom is -0.478 e. The number of aryl methyl sites for hydroxylation is 1. The van der Waals surface area contributed by atoms with E-state index in [1.807, 2.05) is 0 Å². The van der Waals surface area contributed by atoms with Gasteiger partial charge < -0.3 is 5.11 Å². The van der Waals surface area contributed by atoms with Crippen LogP contribution in [-0.4, -0.2) is 29.3 Å². The Morgan fingerprint density at radius 1 is 1.69 bits per heavy atom. The molecule has 1 aromatic heterocycles. The van der Waals surface area contributed by atoms with Crippen molar-refractivity contribution in [3.8, 4) is 0 Å². The molecule has 0 spiro atoms. The van der Waals surface area contributed by atoms with Gasteiger partial charge in [-0.05, 0) is 0 Å². The van der Waals surface area contributed by atoms with Crippen molar-refractivity contribution in [3.05, 3.63) is 11.8 Å². The molecule has 0 saturated heterocycles. The summed E-state index contributed by atoms with van der Waals surface area (Å²) >= 11 is 0. The number of sulfonamides is 1. The molecule has 13 heavy (non-hydrogen) atoms. The second-order valence-electron chi connectivity index (χ2n) is 2.34. The van der Waals surface area contributed by atoms with Gasteiger partial charge in [0, 0.05) is 7.05 Å². The third kappa shape index (κ3) is 1.68. The molecular weight excluding hydrogens is 198 g/mol. The number of nitrogens with two attached hydrogens (primary N) is 1. The standard InChI is InChI=1S/C5H7N3O4S/c1-8-4(13(6,11)12)3(2-7-8)5(9)10/h2H,1H3,(H,9,10)(H2,6,11,12). The molecule has 0 aromatic carbocycles. The van der Waals surface area contributed by atoms with Crippen LogP contribution in [0.4, 0.5) is 0 Å². The van der Waals surface area contributed by atoms with Crippen molar-refractivity contribution in [2.45, 2.75) is 5.03 Å². The van der Waals surface area contributed by atoms with Gasteiger partial charge in [0.15, 0.2) is 5.03 Å². The molecule has 0 saturated carbocycles. The summed E-state index contributed by atoms with van der Waals surface area (Å²) in [4.78, 5) is 10.5. The molecule has 8 heteroatoms. The number of carboxylic acid groups (broad SMARTS) is 1. The molecular formula is C5H7N3O4S. The van der Waals surface area contributed by atoms with Crippen LogP contribution >= 0.6 is 0 Å². The van der Waals surface area contributed by atoms with Gasteiger partial charge in [-0.25, -0.2) is 18.4 Å². The second kappa shape index (κ2) is 2.82. The lowest BCUT2D eigenvalue weighted by Crippen LogP contribution is -2.19. The number of carbonyl (C=O) groups is 1. The summed E-state index contributed by atoms with van der Waals surface area (Å²) in [5, 5.41) is 16.3. The molecule has 7 nitrogen and oxygen atoms in total. The van der Waals surface area contributed by atoms with E-state index in [-0.39, 0.29) is 0 Å². The van der Waals surface area contributed by atoms with Crippen LogP contribution in [0.2, 0.25) is 0 Å². The van der Waals surface area contributed by atoms with Gasteiger partial charge in [0.05, 0.1) is 6.20 Å². The summed E-state index contributed by atoms with van der Waals surface area (Å²) in [5.41, 5.74) is -0.426. The van der Waals surface area contributed by atoms with E-state index in [4.69, 9.17) is 10.2 Å². The number of aromatic nitrogens is 2. The lowest BCUT2D eigenvalue weighted by Gasteiger charge is -1.99. The van der Waals surface area contributed by atoms with Gasteiger partial charge in [0.1, 0.15) is 5.56 Å². The third-order valence-corrected chi connectivity index (χ3v) is 2.41. The van der Waals surface area contributed by atoms with E-state index >= 15 is 0 Å². The number of nitrogens with zero attached hydrogens (tertiary/aromatic N) is 2. The van der Waals surface area contributed by atoms with Crippen LogP contribution in [0.25, 0.3) is 0 Å². The van der Waals surface area contributed by atoms with Crippen LogP contribution in [-0.2, 0) is 17.1 Å². The molecule has 1 aromatic rings. The van der Waals surface area contributed by atoms with E-state index in [2.05, 4.69) is 5.10 Å². The first-order chi connectivity index (χ1) is 5.84. The van der Waals surface area contributed by atoms with Gasteiger partial charge in [-0.1, -0.05) is 0 Å². The van der Waals surface area contributed by atoms with Gasteiger partial charge in [0.2, 0.25) is 0 Å². The van der Waals surface area contributed by atoms with Crippen molar-refractivity contribution in [3.63, 3.8) is 0 Å². The molecule has 0 aliphatic carbocycles. The van der Waals surface area contributed by atoms with Gasteiger partial charge in [-0.3, -0.25) is 4.68 Å². The SMILES string of the molecule is Cn1ncc(C(=O)O)c1S(N)(=O)=O. The smallest absolute Gasteiger partial charge is 0.340 e.